The standard InChI is InChI=1S/C20H18F3N3O4S/c1-13-6-8-14(9-7-13)31(28,29)12-17-25-19(30-26-17)11-10-18(27)24-16-5-3-2-4-15(16)20(21,22)23/h2-9H,10-12H2,1H3,(H,24,27). The molecule has 0 fully saturated rings. The molecule has 0 spiro atoms. The Morgan fingerprint density at radius 2 is 1.77 bits per heavy atom. The van der Waals surface area contributed by atoms with Gasteiger partial charge in [-0.1, -0.05) is 35.0 Å². The normalized spacial score (nSPS) is 12.0. The van der Waals surface area contributed by atoms with Crippen LogP contribution in [-0.2, 0) is 33.0 Å². The van der Waals surface area contributed by atoms with Crippen LogP contribution in [0.4, 0.5) is 18.9 Å². The van der Waals surface area contributed by atoms with Crippen molar-refractivity contribution in [2.45, 2.75) is 36.6 Å². The second-order valence-corrected chi connectivity index (χ2v) is 8.76. The Labute approximate surface area is 176 Å². The first-order valence-corrected chi connectivity index (χ1v) is 10.8. The number of carbonyl (C=O) groups excluding carboxylic acids is 1. The quantitative estimate of drug-likeness (QED) is 0.581. The number of hydrogen-bond donors (Lipinski definition) is 1. The largest absolute Gasteiger partial charge is 0.418 e. The molecule has 1 aromatic heterocycles. The summed E-state index contributed by atoms with van der Waals surface area (Å²) in [7, 11) is -3.68. The summed E-state index contributed by atoms with van der Waals surface area (Å²) in [4.78, 5) is 16.1. The smallest absolute Gasteiger partial charge is 0.339 e. The molecule has 0 saturated carbocycles. The first-order chi connectivity index (χ1) is 14.5. The highest BCUT2D eigenvalue weighted by Gasteiger charge is 2.33. The minimum atomic E-state index is -4.60. The Kier molecular flexibility index (Phi) is 6.44. The van der Waals surface area contributed by atoms with Gasteiger partial charge >= 0.3 is 6.18 Å². The number of anilines is 1. The third-order valence-corrected chi connectivity index (χ3v) is 5.91. The zero-order valence-electron chi connectivity index (χ0n) is 16.3. The van der Waals surface area contributed by atoms with Crippen LogP contribution in [0, 0.1) is 6.92 Å². The van der Waals surface area contributed by atoms with Crippen LogP contribution >= 0.6 is 0 Å². The van der Waals surface area contributed by atoms with E-state index in [0.717, 1.165) is 17.7 Å². The van der Waals surface area contributed by atoms with Crippen molar-refractivity contribution in [3.63, 3.8) is 0 Å². The van der Waals surface area contributed by atoms with Crippen molar-refractivity contribution in [3.05, 3.63) is 71.4 Å². The van der Waals surface area contributed by atoms with Gasteiger partial charge < -0.3 is 9.84 Å². The van der Waals surface area contributed by atoms with E-state index in [9.17, 15) is 26.4 Å². The van der Waals surface area contributed by atoms with Crippen molar-refractivity contribution in [1.29, 1.82) is 0 Å². The Morgan fingerprint density at radius 1 is 1.10 bits per heavy atom. The van der Waals surface area contributed by atoms with Crippen LogP contribution in [0.2, 0.25) is 0 Å². The second kappa shape index (κ2) is 8.88. The molecule has 0 bridgehead atoms. The van der Waals surface area contributed by atoms with E-state index in [1.807, 2.05) is 6.92 Å². The van der Waals surface area contributed by atoms with E-state index in [2.05, 4.69) is 15.5 Å². The summed E-state index contributed by atoms with van der Waals surface area (Å²) in [5.74, 6) is -1.22. The molecule has 31 heavy (non-hydrogen) atoms. The number of hydrogen-bond acceptors (Lipinski definition) is 6. The number of benzene rings is 2. The lowest BCUT2D eigenvalue weighted by atomic mass is 10.1. The summed E-state index contributed by atoms with van der Waals surface area (Å²) < 4.78 is 68.8. The predicted octanol–water partition coefficient (Wildman–Crippen LogP) is 3.94. The van der Waals surface area contributed by atoms with Gasteiger partial charge in [0.15, 0.2) is 15.7 Å². The molecule has 7 nitrogen and oxygen atoms in total. The molecule has 1 amide bonds. The monoisotopic (exact) mass is 453 g/mol. The van der Waals surface area contributed by atoms with Crippen LogP contribution < -0.4 is 5.32 Å². The summed E-state index contributed by atoms with van der Waals surface area (Å²) in [6.45, 7) is 1.83. The molecule has 0 aliphatic heterocycles. The van der Waals surface area contributed by atoms with Crippen molar-refractivity contribution in [2.75, 3.05) is 5.32 Å². The molecular weight excluding hydrogens is 435 g/mol. The van der Waals surface area contributed by atoms with E-state index in [0.29, 0.717) is 0 Å². The van der Waals surface area contributed by atoms with Crippen molar-refractivity contribution in [1.82, 2.24) is 10.1 Å². The van der Waals surface area contributed by atoms with Crippen molar-refractivity contribution >= 4 is 21.4 Å². The molecule has 0 saturated heterocycles. The number of sulfone groups is 1. The molecular formula is C20H18F3N3O4S. The number of para-hydroxylation sites is 1. The lowest BCUT2D eigenvalue weighted by Crippen LogP contribution is -2.17. The molecule has 2 aromatic carbocycles. The van der Waals surface area contributed by atoms with E-state index >= 15 is 0 Å². The van der Waals surface area contributed by atoms with Crippen molar-refractivity contribution < 1.29 is 30.9 Å². The number of amides is 1. The van der Waals surface area contributed by atoms with E-state index in [-0.39, 0.29) is 35.1 Å². The van der Waals surface area contributed by atoms with Gasteiger partial charge in [-0.05, 0) is 31.2 Å². The van der Waals surface area contributed by atoms with Gasteiger partial charge in [0.1, 0.15) is 5.75 Å². The van der Waals surface area contributed by atoms with Crippen LogP contribution in [0.5, 0.6) is 0 Å². The molecule has 11 heteroatoms. The SMILES string of the molecule is Cc1ccc(S(=O)(=O)Cc2noc(CCC(=O)Nc3ccccc3C(F)(F)F)n2)cc1. The van der Waals surface area contributed by atoms with Crippen LogP contribution in [0.1, 0.15) is 29.3 Å². The Morgan fingerprint density at radius 3 is 2.45 bits per heavy atom. The maximum atomic E-state index is 13.0. The van der Waals surface area contributed by atoms with Crippen LogP contribution in [0.15, 0.2) is 57.9 Å². The molecule has 0 radical (unpaired) electrons. The van der Waals surface area contributed by atoms with E-state index < -0.39 is 33.2 Å². The second-order valence-electron chi connectivity index (χ2n) is 6.77. The zero-order chi connectivity index (χ0) is 22.6. The highest BCUT2D eigenvalue weighted by atomic mass is 32.2. The van der Waals surface area contributed by atoms with Gasteiger partial charge in [-0.2, -0.15) is 18.2 Å². The van der Waals surface area contributed by atoms with Crippen LogP contribution in [0.3, 0.4) is 0 Å². The average Bonchev–Trinajstić information content (AvgIpc) is 3.13. The molecule has 1 N–H and O–H groups in total. The van der Waals surface area contributed by atoms with Gasteiger partial charge in [0, 0.05) is 12.8 Å². The minimum absolute atomic E-state index is 0.00774. The Bertz CT molecular complexity index is 1170. The van der Waals surface area contributed by atoms with Crippen LogP contribution in [-0.4, -0.2) is 24.5 Å². The molecule has 164 valence electrons. The topological polar surface area (TPSA) is 102 Å². The first kappa shape index (κ1) is 22.5. The lowest BCUT2D eigenvalue weighted by Gasteiger charge is -2.13. The summed E-state index contributed by atoms with van der Waals surface area (Å²) in [5.41, 5.74) is -0.392. The molecule has 3 rings (SSSR count). The van der Waals surface area contributed by atoms with Gasteiger partial charge in [-0.3, -0.25) is 4.79 Å². The number of carbonyl (C=O) groups is 1. The highest BCUT2D eigenvalue weighted by molar-refractivity contribution is 7.90. The number of halogens is 3. The molecule has 0 aliphatic rings. The number of nitrogens with one attached hydrogen (secondary N) is 1. The summed E-state index contributed by atoms with van der Waals surface area (Å²) in [6.07, 6.45) is -4.88. The van der Waals surface area contributed by atoms with Crippen molar-refractivity contribution in [2.24, 2.45) is 0 Å². The Balaban J connectivity index is 1.59. The Hall–Kier alpha value is -3.21. The van der Waals surface area contributed by atoms with Crippen molar-refractivity contribution in [3.8, 4) is 0 Å². The van der Waals surface area contributed by atoms with E-state index in [1.165, 1.54) is 24.3 Å². The van der Waals surface area contributed by atoms with Gasteiger partial charge in [0.05, 0.1) is 16.1 Å². The number of aromatic nitrogens is 2. The third-order valence-electron chi connectivity index (χ3n) is 4.28. The fraction of sp³-hybridized carbons (Fsp3) is 0.250. The van der Waals surface area contributed by atoms with Gasteiger partial charge in [-0.15, -0.1) is 0 Å². The molecule has 0 atom stereocenters. The number of nitrogens with zero attached hydrogens (tertiary/aromatic N) is 2. The molecule has 0 aliphatic carbocycles. The molecule has 1 heterocycles. The maximum absolute atomic E-state index is 13.0. The van der Waals surface area contributed by atoms with Gasteiger partial charge in [0.25, 0.3) is 0 Å². The van der Waals surface area contributed by atoms with E-state index in [4.69, 9.17) is 4.52 Å². The predicted molar refractivity (Wildman–Crippen MR) is 105 cm³/mol. The minimum Gasteiger partial charge on any atom is -0.339 e. The lowest BCUT2D eigenvalue weighted by molar-refractivity contribution is -0.137. The van der Waals surface area contributed by atoms with Crippen LogP contribution in [0.25, 0.3) is 0 Å². The number of alkyl halides is 3. The third kappa shape index (κ3) is 5.91. The van der Waals surface area contributed by atoms with Gasteiger partial charge in [-0.25, -0.2) is 8.42 Å². The molecule has 0 unspecified atom stereocenters. The highest BCUT2D eigenvalue weighted by Crippen LogP contribution is 2.34. The number of rotatable bonds is 7. The average molecular weight is 453 g/mol. The fourth-order valence-electron chi connectivity index (χ4n) is 2.72. The zero-order valence-corrected chi connectivity index (χ0v) is 17.1. The molecule has 3 aromatic rings. The summed E-state index contributed by atoms with van der Waals surface area (Å²) in [6, 6.07) is 10.9. The van der Waals surface area contributed by atoms with Gasteiger partial charge in [0.2, 0.25) is 11.8 Å². The first-order valence-electron chi connectivity index (χ1n) is 9.11. The summed E-state index contributed by atoms with van der Waals surface area (Å²) in [5, 5.41) is 5.82. The fourth-order valence-corrected chi connectivity index (χ4v) is 3.90. The van der Waals surface area contributed by atoms with E-state index in [1.54, 1.807) is 12.1 Å². The summed E-state index contributed by atoms with van der Waals surface area (Å²) >= 11 is 0. The maximum Gasteiger partial charge on any atom is 0.418 e. The number of aryl methyl sites for hydroxylation is 2.